The maximum Gasteiger partial charge on any atom is 0.115 e. The van der Waals surface area contributed by atoms with Crippen LogP contribution in [0, 0.1) is 17.3 Å². The van der Waals surface area contributed by atoms with Gasteiger partial charge in [0.2, 0.25) is 0 Å². The molecule has 22 heavy (non-hydrogen) atoms. The summed E-state index contributed by atoms with van der Waals surface area (Å²) in [6.45, 7) is 4.83. The van der Waals surface area contributed by atoms with Gasteiger partial charge in [-0.25, -0.2) is 0 Å². The van der Waals surface area contributed by atoms with Crippen LogP contribution in [0.1, 0.15) is 69.4 Å². The van der Waals surface area contributed by atoms with E-state index in [9.17, 15) is 5.11 Å². The smallest absolute Gasteiger partial charge is 0.115 e. The number of allylic oxidation sites excluding steroid dienone is 2. The van der Waals surface area contributed by atoms with Gasteiger partial charge in [0.15, 0.2) is 0 Å². The van der Waals surface area contributed by atoms with Gasteiger partial charge in [-0.1, -0.05) is 31.6 Å². The minimum absolute atomic E-state index is 0.437. The first kappa shape index (κ1) is 14.4. The number of hydrogen-bond acceptors (Lipinski definition) is 1. The van der Waals surface area contributed by atoms with Crippen molar-refractivity contribution in [1.82, 2.24) is 0 Å². The Bertz CT molecular complexity index is 614. The third-order valence-electron chi connectivity index (χ3n) is 7.01. The summed E-state index contributed by atoms with van der Waals surface area (Å²) in [6.07, 6.45) is 11.6. The second kappa shape index (κ2) is 5.15. The molecule has 4 atom stereocenters. The van der Waals surface area contributed by atoms with E-state index in [1.165, 1.54) is 44.1 Å². The van der Waals surface area contributed by atoms with Crippen molar-refractivity contribution in [2.45, 2.75) is 64.7 Å². The van der Waals surface area contributed by atoms with Crippen molar-refractivity contribution < 1.29 is 5.11 Å². The van der Waals surface area contributed by atoms with Gasteiger partial charge in [0.05, 0.1) is 0 Å². The molecule has 1 nitrogen and oxygen atoms in total. The monoisotopic (exact) mass is 296 g/mol. The van der Waals surface area contributed by atoms with Crippen molar-refractivity contribution in [3.63, 3.8) is 0 Å². The van der Waals surface area contributed by atoms with Gasteiger partial charge >= 0.3 is 0 Å². The van der Waals surface area contributed by atoms with E-state index in [1.54, 1.807) is 11.1 Å². The van der Waals surface area contributed by atoms with Crippen molar-refractivity contribution in [3.8, 4) is 5.75 Å². The lowest BCUT2D eigenvalue weighted by atomic mass is 9.55. The number of fused-ring (bicyclic) bond motifs is 5. The van der Waals surface area contributed by atoms with Crippen molar-refractivity contribution >= 4 is 0 Å². The zero-order valence-corrected chi connectivity index (χ0v) is 13.9. The fourth-order valence-electron chi connectivity index (χ4n) is 6.00. The van der Waals surface area contributed by atoms with Crippen LogP contribution >= 0.6 is 0 Å². The number of phenolic OH excluding ortho intramolecular Hbond substituents is 1. The van der Waals surface area contributed by atoms with Crippen LogP contribution in [0.15, 0.2) is 29.8 Å². The van der Waals surface area contributed by atoms with E-state index in [0.29, 0.717) is 11.2 Å². The van der Waals surface area contributed by atoms with Crippen LogP contribution in [-0.2, 0) is 6.42 Å². The van der Waals surface area contributed by atoms with Gasteiger partial charge in [-0.3, -0.25) is 0 Å². The Balaban J connectivity index is 1.69. The highest BCUT2D eigenvalue weighted by Crippen LogP contribution is 2.62. The average Bonchev–Trinajstić information content (AvgIpc) is 2.84. The average molecular weight is 296 g/mol. The van der Waals surface area contributed by atoms with E-state index < -0.39 is 0 Å². The van der Waals surface area contributed by atoms with E-state index in [2.05, 4.69) is 26.0 Å². The second-order valence-electron chi connectivity index (χ2n) is 7.93. The van der Waals surface area contributed by atoms with Crippen molar-refractivity contribution in [2.75, 3.05) is 0 Å². The predicted octanol–water partition coefficient (Wildman–Crippen LogP) is 5.58. The topological polar surface area (TPSA) is 20.2 Å². The normalized spacial score (nSPS) is 38.5. The molecule has 0 aliphatic heterocycles. The molecule has 118 valence electrons. The highest BCUT2D eigenvalue weighted by molar-refractivity contribution is 5.40. The summed E-state index contributed by atoms with van der Waals surface area (Å²) >= 11 is 0. The highest BCUT2D eigenvalue weighted by atomic mass is 16.3. The van der Waals surface area contributed by atoms with E-state index in [-0.39, 0.29) is 0 Å². The minimum atomic E-state index is 0.437. The summed E-state index contributed by atoms with van der Waals surface area (Å²) in [4.78, 5) is 0. The molecule has 3 aliphatic carbocycles. The Hall–Kier alpha value is -1.24. The molecule has 0 aromatic heterocycles. The number of aromatic hydroxyl groups is 1. The second-order valence-corrected chi connectivity index (χ2v) is 7.93. The Morgan fingerprint density at radius 2 is 2.09 bits per heavy atom. The summed E-state index contributed by atoms with van der Waals surface area (Å²) in [6, 6.07) is 6.12. The Labute approximate surface area is 134 Å². The first-order valence-electron chi connectivity index (χ1n) is 9.15. The third-order valence-corrected chi connectivity index (χ3v) is 7.01. The van der Waals surface area contributed by atoms with Gasteiger partial charge in [-0.15, -0.1) is 0 Å². The third kappa shape index (κ3) is 1.97. The molecule has 2 fully saturated rings. The Morgan fingerprint density at radius 3 is 2.91 bits per heavy atom. The van der Waals surface area contributed by atoms with Crippen LogP contribution in [-0.4, -0.2) is 5.11 Å². The summed E-state index contributed by atoms with van der Waals surface area (Å²) < 4.78 is 0. The van der Waals surface area contributed by atoms with Crippen LogP contribution in [0.4, 0.5) is 0 Å². The van der Waals surface area contributed by atoms with Crippen LogP contribution in [0.5, 0.6) is 5.75 Å². The molecule has 0 spiro atoms. The van der Waals surface area contributed by atoms with Gasteiger partial charge in [0.25, 0.3) is 0 Å². The number of phenols is 1. The molecule has 0 saturated heterocycles. The van der Waals surface area contributed by atoms with Crippen molar-refractivity contribution in [3.05, 3.63) is 41.0 Å². The SMILES string of the molecule is CC/C=C1/CCC2C3CCc4cc(O)ccc4C3CC[C@]12C. The lowest BCUT2D eigenvalue weighted by Gasteiger charge is -2.49. The maximum atomic E-state index is 9.76. The summed E-state index contributed by atoms with van der Waals surface area (Å²) in [5.41, 5.74) is 5.19. The van der Waals surface area contributed by atoms with Crippen LogP contribution in [0.2, 0.25) is 0 Å². The molecule has 4 rings (SSSR count). The fourth-order valence-corrected chi connectivity index (χ4v) is 6.00. The zero-order valence-electron chi connectivity index (χ0n) is 13.9. The molecular weight excluding hydrogens is 268 g/mol. The molecular formula is C21H28O. The summed E-state index contributed by atoms with van der Waals surface area (Å²) in [5, 5.41) is 9.76. The maximum absolute atomic E-state index is 9.76. The zero-order chi connectivity index (χ0) is 15.3. The van der Waals surface area contributed by atoms with Gasteiger partial charge in [-0.05, 0) is 91.4 Å². The molecule has 2 saturated carbocycles. The predicted molar refractivity (Wildman–Crippen MR) is 91.1 cm³/mol. The van der Waals surface area contributed by atoms with Crippen LogP contribution < -0.4 is 0 Å². The summed E-state index contributed by atoms with van der Waals surface area (Å²) in [7, 11) is 0. The molecule has 0 amide bonds. The van der Waals surface area contributed by atoms with Crippen molar-refractivity contribution in [1.29, 1.82) is 0 Å². The lowest BCUT2D eigenvalue weighted by Crippen LogP contribution is -2.40. The fraction of sp³-hybridized carbons (Fsp3) is 0.619. The molecule has 1 aromatic rings. The molecule has 3 aliphatic rings. The highest BCUT2D eigenvalue weighted by Gasteiger charge is 2.52. The lowest BCUT2D eigenvalue weighted by molar-refractivity contribution is 0.0812. The van der Waals surface area contributed by atoms with Gasteiger partial charge in [-0.2, -0.15) is 0 Å². The Morgan fingerprint density at radius 1 is 1.23 bits per heavy atom. The molecule has 0 bridgehead atoms. The molecule has 0 heterocycles. The first-order chi connectivity index (χ1) is 10.6. The first-order valence-corrected chi connectivity index (χ1v) is 9.15. The molecule has 0 radical (unpaired) electrons. The number of rotatable bonds is 1. The number of hydrogen-bond donors (Lipinski definition) is 1. The van der Waals surface area contributed by atoms with Crippen LogP contribution in [0.3, 0.4) is 0 Å². The van der Waals surface area contributed by atoms with E-state index in [0.717, 1.165) is 24.2 Å². The molecule has 1 heteroatoms. The van der Waals surface area contributed by atoms with Gasteiger partial charge in [0, 0.05) is 0 Å². The summed E-state index contributed by atoms with van der Waals surface area (Å²) in [5.74, 6) is 2.92. The molecule has 1 N–H and O–H groups in total. The van der Waals surface area contributed by atoms with Crippen LogP contribution in [0.25, 0.3) is 0 Å². The molecule has 3 unspecified atom stereocenters. The number of aryl methyl sites for hydroxylation is 1. The number of benzene rings is 1. The standard InChI is InChI=1S/C21H28O/c1-3-4-15-6-10-20-19-8-5-14-13-16(22)7-9-17(14)18(19)11-12-21(15,20)2/h4,7,9,13,18-20,22H,3,5-6,8,10-12H2,1-2H3/b15-4-/t18?,19?,20?,21-/m1/s1. The van der Waals surface area contributed by atoms with Gasteiger partial charge < -0.3 is 5.11 Å². The Kier molecular flexibility index (Phi) is 3.36. The van der Waals surface area contributed by atoms with E-state index >= 15 is 0 Å². The molecule has 1 aromatic carbocycles. The van der Waals surface area contributed by atoms with E-state index in [1.807, 2.05) is 12.1 Å². The van der Waals surface area contributed by atoms with E-state index in [4.69, 9.17) is 0 Å². The minimum Gasteiger partial charge on any atom is -0.508 e. The quantitative estimate of drug-likeness (QED) is 0.670. The van der Waals surface area contributed by atoms with Gasteiger partial charge in [0.1, 0.15) is 5.75 Å². The van der Waals surface area contributed by atoms with Crippen molar-refractivity contribution in [2.24, 2.45) is 17.3 Å². The largest absolute Gasteiger partial charge is 0.508 e.